The van der Waals surface area contributed by atoms with Crippen LogP contribution in [0.2, 0.25) is 0 Å². The third kappa shape index (κ3) is 52.0. The van der Waals surface area contributed by atoms with Crippen molar-refractivity contribution < 1.29 is 15.0 Å². The van der Waals surface area contributed by atoms with E-state index < -0.39 is 6.47 Å². The number of carbonyl (C=O) groups excluding carboxylic acids is 1. The van der Waals surface area contributed by atoms with Gasteiger partial charge < -0.3 is 21.2 Å². The topological polar surface area (TPSA) is 96.9 Å². The third-order valence-electron chi connectivity index (χ3n) is 0. The van der Waals surface area contributed by atoms with Crippen LogP contribution in [0.1, 0.15) is 0 Å². The van der Waals surface area contributed by atoms with E-state index in [1.54, 1.807) is 0 Å². The molecule has 0 aliphatic heterocycles. The predicted octanol–water partition coefficient (Wildman–Crippen LogP) is -1.65. The van der Waals surface area contributed by atoms with Crippen molar-refractivity contribution in [3.05, 3.63) is 0 Å². The molecule has 4 nitrogen and oxygen atoms in total. The molecule has 4 heteroatoms. The number of rotatable bonds is 0. The molecule has 5 N–H and O–H groups in total. The zero-order valence-corrected chi connectivity index (χ0v) is 3.84. The second-order valence-corrected chi connectivity index (χ2v) is 0.0962. The number of quaternary nitrogens is 1. The van der Waals surface area contributed by atoms with E-state index in [1.807, 2.05) is 0 Å². The second kappa shape index (κ2) is 332. The lowest BCUT2D eigenvalue weighted by Crippen LogP contribution is -2.01. The highest BCUT2D eigenvalue weighted by atomic mass is 16.3. The van der Waals surface area contributed by atoms with Gasteiger partial charge in [0.1, 0.15) is 0 Å². The maximum atomic E-state index is 8.25. The van der Waals surface area contributed by atoms with Crippen molar-refractivity contribution in [1.82, 2.24) is 6.15 Å². The average molecular weight is 95.1 g/mol. The second-order valence-electron chi connectivity index (χ2n) is 0.0962. The molecule has 0 spiro atoms. The van der Waals surface area contributed by atoms with Crippen LogP contribution in [0.15, 0.2) is 0 Å². The smallest absolute Gasteiger partial charge is 0.0319 e. The first-order valence-corrected chi connectivity index (χ1v) is 0.919. The minimum absolute atomic E-state index is 0. The van der Waals surface area contributed by atoms with Gasteiger partial charge >= 0.3 is 0 Å². The van der Waals surface area contributed by atoms with Crippen molar-refractivity contribution in [3.63, 3.8) is 0 Å². The van der Waals surface area contributed by atoms with E-state index in [-0.39, 0.29) is 6.15 Å². The quantitative estimate of drug-likeness (QED) is 0.353. The Labute approximate surface area is 36.0 Å². The molecule has 0 aromatic rings. The summed E-state index contributed by atoms with van der Waals surface area (Å²) in [6.07, 6.45) is 0. The molecule has 0 saturated carbocycles. The molecule has 0 unspecified atom stereocenters. The Balaban J connectivity index is -0.0000000275. The highest BCUT2D eigenvalue weighted by Crippen LogP contribution is 0.757. The van der Waals surface area contributed by atoms with Crippen molar-refractivity contribution in [2.45, 2.75) is 0 Å². The molecule has 40 valence electrons. The van der Waals surface area contributed by atoms with Crippen LogP contribution in [-0.2, 0) is 4.79 Å². The number of hydrogen-bond donors (Lipinski definition) is 2. The SMILES string of the molecule is CO.O=C[O-].[NH4+]. The number of hydrogen-bond acceptors (Lipinski definition) is 3. The van der Waals surface area contributed by atoms with Crippen LogP contribution in [-0.4, -0.2) is 18.7 Å². The summed E-state index contributed by atoms with van der Waals surface area (Å²) in [4.78, 5) is 8.25. The summed E-state index contributed by atoms with van der Waals surface area (Å²) in [5, 5.41) is 15.2. The van der Waals surface area contributed by atoms with Crippen molar-refractivity contribution in [2.75, 3.05) is 7.11 Å². The van der Waals surface area contributed by atoms with Crippen LogP contribution in [0, 0.1) is 0 Å². The van der Waals surface area contributed by atoms with Crippen LogP contribution >= 0.6 is 0 Å². The molecule has 0 saturated heterocycles. The summed E-state index contributed by atoms with van der Waals surface area (Å²) in [5.74, 6) is 0. The van der Waals surface area contributed by atoms with E-state index in [2.05, 4.69) is 0 Å². The van der Waals surface area contributed by atoms with Crippen LogP contribution < -0.4 is 11.3 Å². The molecule has 0 aliphatic carbocycles. The molecule has 0 aromatic carbocycles. The Morgan fingerprint density at radius 2 is 1.67 bits per heavy atom. The van der Waals surface area contributed by atoms with Gasteiger partial charge in [-0.2, -0.15) is 0 Å². The first-order valence-electron chi connectivity index (χ1n) is 0.919. The summed E-state index contributed by atoms with van der Waals surface area (Å²) >= 11 is 0. The zero-order valence-electron chi connectivity index (χ0n) is 3.84. The minimum Gasteiger partial charge on any atom is -0.554 e. The van der Waals surface area contributed by atoms with Gasteiger partial charge in [0.25, 0.3) is 0 Å². The Morgan fingerprint density at radius 3 is 1.67 bits per heavy atom. The van der Waals surface area contributed by atoms with Crippen molar-refractivity contribution >= 4 is 6.47 Å². The lowest BCUT2D eigenvalue weighted by molar-refractivity contribution is -0.283. The fraction of sp³-hybridized carbons (Fsp3) is 0.500. The summed E-state index contributed by atoms with van der Waals surface area (Å²) in [6.45, 7) is -0.500. The van der Waals surface area contributed by atoms with Crippen LogP contribution in [0.3, 0.4) is 0 Å². The van der Waals surface area contributed by atoms with E-state index in [0.717, 1.165) is 7.11 Å². The van der Waals surface area contributed by atoms with Gasteiger partial charge in [-0.15, -0.1) is 0 Å². The number of carboxylic acid groups (broad SMARTS) is 1. The molecule has 0 heterocycles. The number of aliphatic hydroxyl groups excluding tert-OH is 1. The van der Waals surface area contributed by atoms with Gasteiger partial charge in [0.15, 0.2) is 0 Å². The number of aliphatic hydroxyl groups is 1. The fourth-order valence-electron chi connectivity index (χ4n) is 0. The highest BCUT2D eigenvalue weighted by Gasteiger charge is 0.996. The molecule has 0 aliphatic rings. The highest BCUT2D eigenvalue weighted by molar-refractivity contribution is 5.29. The van der Waals surface area contributed by atoms with E-state index in [0.29, 0.717) is 0 Å². The normalized spacial score (nSPS) is 3.00. The Bertz CT molecular complexity index is 16.3. The Morgan fingerprint density at radius 1 is 1.67 bits per heavy atom. The lowest BCUT2D eigenvalue weighted by Gasteiger charge is -1.52. The molecule has 0 aromatic heterocycles. The zero-order chi connectivity index (χ0) is 4.71. The Hall–Kier alpha value is -0.610. The molecule has 0 atom stereocenters. The Kier molecular flexibility index (Phi) is 1010. The molecule has 0 radical (unpaired) electrons. The number of carbonyl (C=O) groups is 1. The molecule has 0 amide bonds. The summed E-state index contributed by atoms with van der Waals surface area (Å²) in [5.41, 5.74) is 0. The molecular weight excluding hydrogens is 86.0 g/mol. The van der Waals surface area contributed by atoms with Crippen molar-refractivity contribution in [2.24, 2.45) is 0 Å². The molecule has 0 fully saturated rings. The lowest BCUT2D eigenvalue weighted by atomic mass is 11.7. The molecule has 0 rings (SSSR count). The first-order chi connectivity index (χ1) is 2.41. The van der Waals surface area contributed by atoms with Crippen molar-refractivity contribution in [3.8, 4) is 0 Å². The molecule has 6 heavy (non-hydrogen) atoms. The fourth-order valence-corrected chi connectivity index (χ4v) is 0. The monoisotopic (exact) mass is 95.1 g/mol. The largest absolute Gasteiger partial charge is 0.554 e. The maximum Gasteiger partial charge on any atom is 0.0319 e. The van der Waals surface area contributed by atoms with Crippen LogP contribution in [0.5, 0.6) is 0 Å². The van der Waals surface area contributed by atoms with Crippen LogP contribution in [0.4, 0.5) is 0 Å². The predicted molar refractivity (Wildman–Crippen MR) is 20.2 cm³/mol. The van der Waals surface area contributed by atoms with Gasteiger partial charge in [0.05, 0.1) is 0 Å². The van der Waals surface area contributed by atoms with Gasteiger partial charge in [-0.05, 0) is 0 Å². The van der Waals surface area contributed by atoms with E-state index in [1.165, 1.54) is 0 Å². The molecular formula is C2H9NO3. The van der Waals surface area contributed by atoms with Gasteiger partial charge in [-0.25, -0.2) is 0 Å². The van der Waals surface area contributed by atoms with E-state index in [9.17, 15) is 0 Å². The van der Waals surface area contributed by atoms with Gasteiger partial charge in [0.2, 0.25) is 0 Å². The van der Waals surface area contributed by atoms with Gasteiger partial charge in [-0.3, -0.25) is 0 Å². The van der Waals surface area contributed by atoms with Crippen LogP contribution in [0.25, 0.3) is 0 Å². The maximum absolute atomic E-state index is 8.25. The summed E-state index contributed by atoms with van der Waals surface area (Å²) < 4.78 is 0. The average Bonchev–Trinajstić information content (AvgIpc) is 1.46. The van der Waals surface area contributed by atoms with Gasteiger partial charge in [-0.1, -0.05) is 0 Å². The first kappa shape index (κ1) is 18.2. The van der Waals surface area contributed by atoms with Gasteiger partial charge in [0, 0.05) is 13.6 Å². The molecule has 0 bridgehead atoms. The van der Waals surface area contributed by atoms with Crippen molar-refractivity contribution in [1.29, 1.82) is 0 Å². The third-order valence-corrected chi connectivity index (χ3v) is 0. The standard InChI is InChI=1S/CH2O2.CH4O.H3N/c2-1-3;1-2;/h1H,(H,2,3);2H,1H3;1H3. The van der Waals surface area contributed by atoms with E-state index >= 15 is 0 Å². The summed E-state index contributed by atoms with van der Waals surface area (Å²) in [6, 6.07) is 0. The van der Waals surface area contributed by atoms with E-state index in [4.69, 9.17) is 15.0 Å². The summed E-state index contributed by atoms with van der Waals surface area (Å²) in [7, 11) is 1.00. The minimum atomic E-state index is -0.500.